The number of carbonyl (C=O) groups is 1. The lowest BCUT2D eigenvalue weighted by molar-refractivity contribution is 0.0951. The number of hydrogen-bond donors (Lipinski definition) is 1. The highest BCUT2D eigenvalue weighted by Gasteiger charge is 2.23. The van der Waals surface area contributed by atoms with Crippen LogP contribution in [0, 0.1) is 0 Å². The van der Waals surface area contributed by atoms with Crippen LogP contribution < -0.4 is 14.4 Å². The molecule has 30 heavy (non-hydrogen) atoms. The summed E-state index contributed by atoms with van der Waals surface area (Å²) in [5.74, 6) is 0.392. The zero-order chi connectivity index (χ0) is 21.6. The van der Waals surface area contributed by atoms with Crippen LogP contribution in [0.3, 0.4) is 0 Å². The molecule has 0 spiro atoms. The largest absolute Gasteiger partial charge is 0.497 e. The Labute approximate surface area is 177 Å². The summed E-state index contributed by atoms with van der Waals surface area (Å²) >= 11 is 0. The number of ether oxygens (including phenoxy) is 1. The standard InChI is InChI=1S/C23H24N2O4S/c1-29-20-14-12-18(13-15-20)16-24-23(26)21-10-6-7-11-22(21)25(30(2,27)28)17-19-8-4-3-5-9-19/h3-15H,16-17H2,1-2H3,(H,24,26). The molecule has 0 aliphatic carbocycles. The van der Waals surface area contributed by atoms with E-state index >= 15 is 0 Å². The van der Waals surface area contributed by atoms with E-state index in [1.807, 2.05) is 54.6 Å². The Morgan fingerprint density at radius 1 is 0.900 bits per heavy atom. The first-order valence-electron chi connectivity index (χ1n) is 9.40. The minimum Gasteiger partial charge on any atom is -0.497 e. The number of hydrogen-bond acceptors (Lipinski definition) is 4. The summed E-state index contributed by atoms with van der Waals surface area (Å²) in [6.45, 7) is 0.456. The van der Waals surface area contributed by atoms with Gasteiger partial charge in [0, 0.05) is 6.54 Å². The van der Waals surface area contributed by atoms with E-state index in [9.17, 15) is 13.2 Å². The molecule has 156 valence electrons. The van der Waals surface area contributed by atoms with E-state index < -0.39 is 10.0 Å². The van der Waals surface area contributed by atoms with E-state index in [2.05, 4.69) is 5.32 Å². The van der Waals surface area contributed by atoms with E-state index in [1.54, 1.807) is 31.4 Å². The number of anilines is 1. The maximum atomic E-state index is 12.9. The fraction of sp³-hybridized carbons (Fsp3) is 0.174. The summed E-state index contributed by atoms with van der Waals surface area (Å²) in [4.78, 5) is 12.9. The van der Waals surface area contributed by atoms with Gasteiger partial charge in [-0.2, -0.15) is 0 Å². The van der Waals surface area contributed by atoms with E-state index in [0.717, 1.165) is 23.1 Å². The number of nitrogens with one attached hydrogen (secondary N) is 1. The molecule has 1 N–H and O–H groups in total. The number of sulfonamides is 1. The van der Waals surface area contributed by atoms with Gasteiger partial charge >= 0.3 is 0 Å². The van der Waals surface area contributed by atoms with Gasteiger partial charge in [0.25, 0.3) is 5.91 Å². The van der Waals surface area contributed by atoms with Crippen molar-refractivity contribution in [2.75, 3.05) is 17.7 Å². The first-order valence-corrected chi connectivity index (χ1v) is 11.2. The number of carbonyl (C=O) groups excluding carboxylic acids is 1. The SMILES string of the molecule is COc1ccc(CNC(=O)c2ccccc2N(Cc2ccccc2)S(C)(=O)=O)cc1. The second-order valence-electron chi connectivity index (χ2n) is 6.80. The molecule has 0 heterocycles. The molecular weight excluding hydrogens is 400 g/mol. The Bertz CT molecular complexity index is 1100. The van der Waals surface area contributed by atoms with E-state index in [-0.39, 0.29) is 12.5 Å². The predicted octanol–water partition coefficient (Wildman–Crippen LogP) is 3.59. The topological polar surface area (TPSA) is 75.7 Å². The zero-order valence-corrected chi connectivity index (χ0v) is 17.7. The Morgan fingerprint density at radius 2 is 1.53 bits per heavy atom. The molecular formula is C23H24N2O4S. The minimum absolute atomic E-state index is 0.141. The van der Waals surface area contributed by atoms with Crippen molar-refractivity contribution in [2.45, 2.75) is 13.1 Å². The highest BCUT2D eigenvalue weighted by molar-refractivity contribution is 7.92. The molecule has 3 rings (SSSR count). The van der Waals surface area contributed by atoms with Crippen LogP contribution in [-0.2, 0) is 23.1 Å². The van der Waals surface area contributed by atoms with Gasteiger partial charge in [-0.05, 0) is 35.4 Å². The molecule has 0 saturated carbocycles. The number of para-hydroxylation sites is 1. The van der Waals surface area contributed by atoms with Crippen LogP contribution in [0.15, 0.2) is 78.9 Å². The van der Waals surface area contributed by atoms with Crippen molar-refractivity contribution in [1.29, 1.82) is 0 Å². The zero-order valence-electron chi connectivity index (χ0n) is 16.9. The van der Waals surface area contributed by atoms with E-state index in [1.165, 1.54) is 4.31 Å². The lowest BCUT2D eigenvalue weighted by atomic mass is 10.1. The van der Waals surface area contributed by atoms with E-state index in [4.69, 9.17) is 4.74 Å². The molecule has 0 fully saturated rings. The van der Waals surface area contributed by atoms with Crippen molar-refractivity contribution in [3.05, 3.63) is 95.6 Å². The predicted molar refractivity (Wildman–Crippen MR) is 118 cm³/mol. The lowest BCUT2D eigenvalue weighted by Gasteiger charge is -2.24. The number of nitrogens with zero attached hydrogens (tertiary/aromatic N) is 1. The quantitative estimate of drug-likeness (QED) is 0.600. The summed E-state index contributed by atoms with van der Waals surface area (Å²) in [6, 6.07) is 23.4. The molecule has 0 radical (unpaired) electrons. The second kappa shape index (κ2) is 9.45. The monoisotopic (exact) mass is 424 g/mol. The van der Waals surface area contributed by atoms with Crippen molar-refractivity contribution < 1.29 is 17.9 Å². The fourth-order valence-corrected chi connectivity index (χ4v) is 3.93. The average molecular weight is 425 g/mol. The van der Waals surface area contributed by atoms with Gasteiger partial charge in [0.2, 0.25) is 10.0 Å². The van der Waals surface area contributed by atoms with Gasteiger partial charge in [0.05, 0.1) is 31.2 Å². The van der Waals surface area contributed by atoms with Crippen LogP contribution in [-0.4, -0.2) is 27.7 Å². The normalized spacial score (nSPS) is 11.0. The average Bonchev–Trinajstić information content (AvgIpc) is 2.76. The Balaban J connectivity index is 1.84. The van der Waals surface area contributed by atoms with Crippen LogP contribution in [0.4, 0.5) is 5.69 Å². The highest BCUT2D eigenvalue weighted by atomic mass is 32.2. The van der Waals surface area contributed by atoms with Crippen LogP contribution >= 0.6 is 0 Å². The fourth-order valence-electron chi connectivity index (χ4n) is 3.03. The van der Waals surface area contributed by atoms with E-state index in [0.29, 0.717) is 17.8 Å². The van der Waals surface area contributed by atoms with Crippen LogP contribution in [0.1, 0.15) is 21.5 Å². The van der Waals surface area contributed by atoms with Gasteiger partial charge in [-0.3, -0.25) is 9.10 Å². The van der Waals surface area contributed by atoms with Gasteiger partial charge in [-0.15, -0.1) is 0 Å². The van der Waals surface area contributed by atoms with Crippen LogP contribution in [0.5, 0.6) is 5.75 Å². The summed E-state index contributed by atoms with van der Waals surface area (Å²) in [5.41, 5.74) is 2.38. The molecule has 6 nitrogen and oxygen atoms in total. The van der Waals surface area contributed by atoms with Crippen molar-refractivity contribution in [2.24, 2.45) is 0 Å². The maximum absolute atomic E-state index is 12.9. The van der Waals surface area contributed by atoms with Crippen molar-refractivity contribution in [1.82, 2.24) is 5.32 Å². The first-order chi connectivity index (χ1) is 14.4. The molecule has 3 aromatic rings. The van der Waals surface area contributed by atoms with Gasteiger partial charge in [-0.25, -0.2) is 8.42 Å². The molecule has 0 aromatic heterocycles. The summed E-state index contributed by atoms with van der Waals surface area (Å²) in [7, 11) is -2.01. The van der Waals surface area contributed by atoms with Gasteiger partial charge < -0.3 is 10.1 Å². The molecule has 0 unspecified atom stereocenters. The van der Waals surface area contributed by atoms with Crippen molar-refractivity contribution >= 4 is 21.6 Å². The summed E-state index contributed by atoms with van der Waals surface area (Å²) in [5, 5.41) is 2.86. The van der Waals surface area contributed by atoms with Gasteiger partial charge in [0.15, 0.2) is 0 Å². The molecule has 0 saturated heterocycles. The number of benzene rings is 3. The molecule has 7 heteroatoms. The molecule has 3 aromatic carbocycles. The molecule has 0 bridgehead atoms. The third-order valence-corrected chi connectivity index (χ3v) is 5.73. The number of rotatable bonds is 8. The van der Waals surface area contributed by atoms with Gasteiger partial charge in [-0.1, -0.05) is 54.6 Å². The Morgan fingerprint density at radius 3 is 2.17 bits per heavy atom. The molecule has 1 amide bonds. The van der Waals surface area contributed by atoms with Crippen molar-refractivity contribution in [3.8, 4) is 5.75 Å². The second-order valence-corrected chi connectivity index (χ2v) is 8.71. The molecule has 0 aliphatic rings. The summed E-state index contributed by atoms with van der Waals surface area (Å²) < 4.78 is 31.5. The smallest absolute Gasteiger partial charge is 0.253 e. The first kappa shape index (κ1) is 21.4. The van der Waals surface area contributed by atoms with Crippen molar-refractivity contribution in [3.63, 3.8) is 0 Å². The molecule has 0 aliphatic heterocycles. The highest BCUT2D eigenvalue weighted by Crippen LogP contribution is 2.25. The number of methoxy groups -OCH3 is 1. The Kier molecular flexibility index (Phi) is 6.74. The minimum atomic E-state index is -3.61. The number of amides is 1. The van der Waals surface area contributed by atoms with Crippen LogP contribution in [0.25, 0.3) is 0 Å². The van der Waals surface area contributed by atoms with Crippen LogP contribution in [0.2, 0.25) is 0 Å². The summed E-state index contributed by atoms with van der Waals surface area (Å²) in [6.07, 6.45) is 1.14. The third kappa shape index (κ3) is 5.39. The Hall–Kier alpha value is -3.32. The third-order valence-electron chi connectivity index (χ3n) is 4.60. The maximum Gasteiger partial charge on any atom is 0.253 e. The van der Waals surface area contributed by atoms with Gasteiger partial charge in [0.1, 0.15) is 5.75 Å². The lowest BCUT2D eigenvalue weighted by Crippen LogP contribution is -2.32. The molecule has 0 atom stereocenters.